The minimum atomic E-state index is 0.122. The van der Waals surface area contributed by atoms with E-state index in [4.69, 9.17) is 0 Å². The summed E-state index contributed by atoms with van der Waals surface area (Å²) in [5.41, 5.74) is 0.724. The summed E-state index contributed by atoms with van der Waals surface area (Å²) in [5, 5.41) is 4.21. The minimum absolute atomic E-state index is 0.122. The molecule has 0 unspecified atom stereocenters. The highest BCUT2D eigenvalue weighted by atomic mass is 16.2. The third kappa shape index (κ3) is 2.72. The van der Waals surface area contributed by atoms with E-state index in [1.807, 2.05) is 15.6 Å². The topological polar surface area (TPSA) is 41.4 Å². The van der Waals surface area contributed by atoms with E-state index in [9.17, 15) is 4.79 Å². The van der Waals surface area contributed by atoms with Crippen molar-refractivity contribution in [1.29, 1.82) is 0 Å². The van der Waals surface area contributed by atoms with Crippen LogP contribution in [0.15, 0.2) is 12.3 Å². The molecule has 5 nitrogen and oxygen atoms in total. The summed E-state index contributed by atoms with van der Waals surface area (Å²) >= 11 is 0. The molecule has 1 aliphatic rings. The quantitative estimate of drug-likeness (QED) is 0.802. The lowest BCUT2D eigenvalue weighted by Gasteiger charge is -2.34. The monoisotopic (exact) mass is 250 g/mol. The van der Waals surface area contributed by atoms with Gasteiger partial charge in [-0.25, -0.2) is 0 Å². The van der Waals surface area contributed by atoms with Crippen LogP contribution in [-0.2, 0) is 6.54 Å². The number of carbonyl (C=O) groups excluding carboxylic acids is 1. The fourth-order valence-corrected chi connectivity index (χ4v) is 2.33. The average Bonchev–Trinajstić information content (AvgIpc) is 2.87. The first-order chi connectivity index (χ1) is 8.76. The molecule has 1 aliphatic heterocycles. The Labute approximate surface area is 108 Å². The number of likely N-dealkylation sites (N-methyl/N-ethyl adjacent to an activating group) is 1. The van der Waals surface area contributed by atoms with Gasteiger partial charge in [0.25, 0.3) is 5.91 Å². The van der Waals surface area contributed by atoms with Crippen molar-refractivity contribution < 1.29 is 4.79 Å². The predicted octanol–water partition coefficient (Wildman–Crippen LogP) is 1.07. The van der Waals surface area contributed by atoms with E-state index in [2.05, 4.69) is 23.8 Å². The summed E-state index contributed by atoms with van der Waals surface area (Å²) in [7, 11) is 0. The van der Waals surface area contributed by atoms with E-state index in [0.29, 0.717) is 0 Å². The Hall–Kier alpha value is -1.36. The Kier molecular flexibility index (Phi) is 4.36. The summed E-state index contributed by atoms with van der Waals surface area (Å²) in [6, 6.07) is 1.82. The van der Waals surface area contributed by atoms with Crippen LogP contribution in [0.1, 0.15) is 30.8 Å². The van der Waals surface area contributed by atoms with E-state index in [1.165, 1.54) is 0 Å². The molecule has 2 rings (SSSR count). The smallest absolute Gasteiger partial charge is 0.272 e. The number of carbonyl (C=O) groups is 1. The summed E-state index contributed by atoms with van der Waals surface area (Å²) in [6.45, 7) is 9.73. The van der Waals surface area contributed by atoms with Gasteiger partial charge in [0, 0.05) is 38.9 Å². The lowest BCUT2D eigenvalue weighted by molar-refractivity contribution is 0.0631. The first-order valence-corrected chi connectivity index (χ1v) is 6.79. The van der Waals surface area contributed by atoms with Gasteiger partial charge in [-0.05, 0) is 19.0 Å². The zero-order chi connectivity index (χ0) is 13.0. The lowest BCUT2D eigenvalue weighted by Crippen LogP contribution is -2.48. The molecule has 0 spiro atoms. The second kappa shape index (κ2) is 6.00. The highest BCUT2D eigenvalue weighted by Gasteiger charge is 2.23. The Morgan fingerprint density at radius 2 is 2.00 bits per heavy atom. The van der Waals surface area contributed by atoms with Gasteiger partial charge in [0.2, 0.25) is 0 Å². The third-order valence-electron chi connectivity index (χ3n) is 3.48. The number of aromatic nitrogens is 2. The fourth-order valence-electron chi connectivity index (χ4n) is 2.33. The molecule has 1 aromatic rings. The van der Waals surface area contributed by atoms with Crippen molar-refractivity contribution in [3.8, 4) is 0 Å². The van der Waals surface area contributed by atoms with Crippen molar-refractivity contribution in [3.05, 3.63) is 18.0 Å². The second-order valence-electron chi connectivity index (χ2n) is 4.67. The molecule has 0 radical (unpaired) electrons. The molecular weight excluding hydrogens is 228 g/mol. The molecule has 100 valence electrons. The van der Waals surface area contributed by atoms with Crippen LogP contribution in [-0.4, -0.2) is 58.2 Å². The number of hydrogen-bond acceptors (Lipinski definition) is 3. The second-order valence-corrected chi connectivity index (χ2v) is 4.67. The lowest BCUT2D eigenvalue weighted by atomic mass is 10.2. The van der Waals surface area contributed by atoms with E-state index in [1.54, 1.807) is 6.20 Å². The van der Waals surface area contributed by atoms with Crippen LogP contribution in [0, 0.1) is 0 Å². The van der Waals surface area contributed by atoms with Gasteiger partial charge in [0.1, 0.15) is 5.69 Å². The Morgan fingerprint density at radius 1 is 1.28 bits per heavy atom. The van der Waals surface area contributed by atoms with Gasteiger partial charge < -0.3 is 9.80 Å². The van der Waals surface area contributed by atoms with Gasteiger partial charge in [-0.1, -0.05) is 13.8 Å². The number of amides is 1. The summed E-state index contributed by atoms with van der Waals surface area (Å²) < 4.78 is 1.81. The van der Waals surface area contributed by atoms with Crippen molar-refractivity contribution in [1.82, 2.24) is 19.6 Å². The van der Waals surface area contributed by atoms with Crippen LogP contribution in [0.2, 0.25) is 0 Å². The molecule has 18 heavy (non-hydrogen) atoms. The molecule has 0 atom stereocenters. The Bertz CT molecular complexity index is 393. The summed E-state index contributed by atoms with van der Waals surface area (Å²) in [4.78, 5) is 16.7. The average molecular weight is 250 g/mol. The Balaban J connectivity index is 2.01. The fraction of sp³-hybridized carbons (Fsp3) is 0.692. The molecular formula is C13H22N4O. The standard InChI is InChI=1S/C13H22N4O/c1-3-7-17-12(5-6-14-17)13(18)16-10-8-15(4-2)9-11-16/h5-6H,3-4,7-11H2,1-2H3. The maximum absolute atomic E-state index is 12.4. The molecule has 1 saturated heterocycles. The van der Waals surface area contributed by atoms with Gasteiger partial charge in [-0.15, -0.1) is 0 Å². The van der Waals surface area contributed by atoms with Gasteiger partial charge in [-0.3, -0.25) is 9.48 Å². The molecule has 0 bridgehead atoms. The molecule has 5 heteroatoms. The predicted molar refractivity (Wildman–Crippen MR) is 70.5 cm³/mol. The van der Waals surface area contributed by atoms with Crippen LogP contribution in [0.4, 0.5) is 0 Å². The molecule has 1 fully saturated rings. The van der Waals surface area contributed by atoms with Crippen LogP contribution in [0.5, 0.6) is 0 Å². The van der Waals surface area contributed by atoms with E-state index >= 15 is 0 Å². The van der Waals surface area contributed by atoms with E-state index in [0.717, 1.165) is 51.4 Å². The molecule has 0 aromatic carbocycles. The summed E-state index contributed by atoms with van der Waals surface area (Å²) in [6.07, 6.45) is 2.71. The molecule has 2 heterocycles. The number of piperazine rings is 1. The van der Waals surface area contributed by atoms with Crippen LogP contribution >= 0.6 is 0 Å². The van der Waals surface area contributed by atoms with Crippen molar-refractivity contribution in [2.75, 3.05) is 32.7 Å². The largest absolute Gasteiger partial charge is 0.335 e. The number of rotatable bonds is 4. The normalized spacial score (nSPS) is 17.1. The zero-order valence-corrected chi connectivity index (χ0v) is 11.3. The highest BCUT2D eigenvalue weighted by Crippen LogP contribution is 2.09. The SMILES string of the molecule is CCCn1nccc1C(=O)N1CCN(CC)CC1. The molecule has 0 N–H and O–H groups in total. The van der Waals surface area contributed by atoms with Gasteiger partial charge in [0.15, 0.2) is 0 Å². The van der Waals surface area contributed by atoms with Crippen molar-refractivity contribution in [3.63, 3.8) is 0 Å². The first-order valence-electron chi connectivity index (χ1n) is 6.79. The molecule has 0 aliphatic carbocycles. The summed E-state index contributed by atoms with van der Waals surface area (Å²) in [5.74, 6) is 0.122. The van der Waals surface area contributed by atoms with Crippen molar-refractivity contribution in [2.45, 2.75) is 26.8 Å². The van der Waals surface area contributed by atoms with Gasteiger partial charge in [-0.2, -0.15) is 5.10 Å². The zero-order valence-electron chi connectivity index (χ0n) is 11.3. The number of hydrogen-bond donors (Lipinski definition) is 0. The van der Waals surface area contributed by atoms with Gasteiger partial charge in [0.05, 0.1) is 0 Å². The van der Waals surface area contributed by atoms with E-state index in [-0.39, 0.29) is 5.91 Å². The molecule has 1 aromatic heterocycles. The van der Waals surface area contributed by atoms with Crippen molar-refractivity contribution >= 4 is 5.91 Å². The first kappa shape index (κ1) is 13.1. The van der Waals surface area contributed by atoms with Crippen LogP contribution < -0.4 is 0 Å². The minimum Gasteiger partial charge on any atom is -0.335 e. The van der Waals surface area contributed by atoms with Crippen molar-refractivity contribution in [2.24, 2.45) is 0 Å². The van der Waals surface area contributed by atoms with Gasteiger partial charge >= 0.3 is 0 Å². The Morgan fingerprint density at radius 3 is 2.61 bits per heavy atom. The highest BCUT2D eigenvalue weighted by molar-refractivity contribution is 5.92. The van der Waals surface area contributed by atoms with Crippen LogP contribution in [0.3, 0.4) is 0 Å². The molecule has 1 amide bonds. The maximum atomic E-state index is 12.4. The molecule has 0 saturated carbocycles. The van der Waals surface area contributed by atoms with E-state index < -0.39 is 0 Å². The number of nitrogens with zero attached hydrogens (tertiary/aromatic N) is 4. The number of aryl methyl sites for hydroxylation is 1. The van der Waals surface area contributed by atoms with Crippen LogP contribution in [0.25, 0.3) is 0 Å². The maximum Gasteiger partial charge on any atom is 0.272 e. The third-order valence-corrected chi connectivity index (χ3v) is 3.48.